The Kier molecular flexibility index (Phi) is 5.84. The fraction of sp³-hybridized carbons (Fsp3) is 0.778. The summed E-state index contributed by atoms with van der Waals surface area (Å²) in [5.41, 5.74) is 2.26. The van der Waals surface area contributed by atoms with Crippen LogP contribution in [0.25, 0.3) is 0 Å². The highest BCUT2D eigenvalue weighted by Crippen LogP contribution is 2.32. The van der Waals surface area contributed by atoms with Gasteiger partial charge < -0.3 is 24.4 Å². The van der Waals surface area contributed by atoms with Crippen molar-refractivity contribution < 1.29 is 19.0 Å². The Balaban J connectivity index is 1.70. The average Bonchev–Trinajstić information content (AvgIpc) is 2.87. The molecule has 3 heterocycles. The maximum absolute atomic E-state index is 12.9. The summed E-state index contributed by atoms with van der Waals surface area (Å²) in [6, 6.07) is -0.0940. The average molecular weight is 366 g/mol. The summed E-state index contributed by atoms with van der Waals surface area (Å²) in [5.74, 6) is 0. The Morgan fingerprint density at radius 1 is 1.38 bits per heavy atom. The predicted octanol–water partition coefficient (Wildman–Crippen LogP) is 1.95. The molecule has 8 nitrogen and oxygen atoms in total. The molecule has 1 N–H and O–H groups in total. The zero-order chi connectivity index (χ0) is 18.7. The van der Waals surface area contributed by atoms with Crippen LogP contribution in [0.3, 0.4) is 0 Å². The number of aromatic nitrogens is 2. The first-order valence-corrected chi connectivity index (χ1v) is 9.28. The normalized spacial score (nSPS) is 22.6. The lowest BCUT2D eigenvalue weighted by molar-refractivity contribution is -0.174. The number of rotatable bonds is 4. The van der Waals surface area contributed by atoms with Crippen LogP contribution in [0.1, 0.15) is 31.2 Å². The van der Waals surface area contributed by atoms with Gasteiger partial charge in [0.25, 0.3) is 0 Å². The van der Waals surface area contributed by atoms with E-state index in [2.05, 4.69) is 10.4 Å². The highest BCUT2D eigenvalue weighted by atomic mass is 16.5. The number of hydrogen-bond acceptors (Lipinski definition) is 5. The number of carbonyl (C=O) groups is 1. The van der Waals surface area contributed by atoms with Crippen LogP contribution in [0.5, 0.6) is 0 Å². The zero-order valence-electron chi connectivity index (χ0n) is 16.2. The number of nitrogens with zero attached hydrogens (tertiary/aromatic N) is 3. The number of aryl methyl sites for hydroxylation is 1. The molecule has 2 aliphatic rings. The van der Waals surface area contributed by atoms with E-state index in [9.17, 15) is 4.79 Å². The molecular formula is C18H30N4O4. The van der Waals surface area contributed by atoms with Gasteiger partial charge in [0.2, 0.25) is 0 Å². The van der Waals surface area contributed by atoms with E-state index in [0.717, 1.165) is 29.9 Å². The molecule has 1 aromatic rings. The molecule has 3 rings (SSSR count). The van der Waals surface area contributed by atoms with Gasteiger partial charge in [0.15, 0.2) is 0 Å². The topological polar surface area (TPSA) is 77.9 Å². The smallest absolute Gasteiger partial charge is 0.322 e. The Morgan fingerprint density at radius 3 is 2.81 bits per heavy atom. The molecule has 0 bridgehead atoms. The van der Waals surface area contributed by atoms with E-state index < -0.39 is 0 Å². The third kappa shape index (κ3) is 4.02. The van der Waals surface area contributed by atoms with Gasteiger partial charge in [0.1, 0.15) is 0 Å². The van der Waals surface area contributed by atoms with E-state index in [1.54, 1.807) is 7.11 Å². The van der Waals surface area contributed by atoms with Gasteiger partial charge in [-0.25, -0.2) is 4.79 Å². The molecule has 0 aromatic carbocycles. The summed E-state index contributed by atoms with van der Waals surface area (Å²) in [7, 11) is 1.67. The van der Waals surface area contributed by atoms with Crippen LogP contribution in [-0.4, -0.2) is 72.4 Å². The van der Waals surface area contributed by atoms with Gasteiger partial charge >= 0.3 is 6.03 Å². The van der Waals surface area contributed by atoms with Crippen LogP contribution in [-0.2, 0) is 20.8 Å². The molecule has 146 valence electrons. The highest BCUT2D eigenvalue weighted by molar-refractivity contribution is 5.90. The first-order chi connectivity index (χ1) is 12.4. The second-order valence-corrected chi connectivity index (χ2v) is 7.30. The summed E-state index contributed by atoms with van der Waals surface area (Å²) in [4.78, 5) is 14.8. The second kappa shape index (κ2) is 7.94. The van der Waals surface area contributed by atoms with Crippen molar-refractivity contribution in [2.45, 2.75) is 51.9 Å². The first-order valence-electron chi connectivity index (χ1n) is 9.28. The molecule has 1 spiro atoms. The van der Waals surface area contributed by atoms with E-state index in [-0.39, 0.29) is 17.7 Å². The van der Waals surface area contributed by atoms with E-state index in [4.69, 9.17) is 14.2 Å². The minimum Gasteiger partial charge on any atom is -0.383 e. The number of morpholine rings is 1. The highest BCUT2D eigenvalue weighted by Gasteiger charge is 2.42. The third-order valence-corrected chi connectivity index (χ3v) is 5.22. The van der Waals surface area contributed by atoms with Crippen molar-refractivity contribution in [2.24, 2.45) is 0 Å². The SMILES string of the molecule is COCCn1nc(C)c(NC(=O)N2CC(C)OC3(CCOCC3)C2)c1C. The minimum atomic E-state index is -0.278. The zero-order valence-corrected chi connectivity index (χ0v) is 16.2. The second-order valence-electron chi connectivity index (χ2n) is 7.30. The maximum Gasteiger partial charge on any atom is 0.322 e. The molecule has 8 heteroatoms. The number of anilines is 1. The summed E-state index contributed by atoms with van der Waals surface area (Å²) >= 11 is 0. The standard InChI is InChI=1S/C18H30N4O4/c1-13-11-21(12-18(26-13)5-8-25-9-6-18)17(23)19-16-14(2)20-22(15(16)3)7-10-24-4/h13H,5-12H2,1-4H3,(H,19,23). The van der Waals surface area contributed by atoms with Gasteiger partial charge in [-0.2, -0.15) is 5.10 Å². The Morgan fingerprint density at radius 2 is 2.12 bits per heavy atom. The van der Waals surface area contributed by atoms with Crippen molar-refractivity contribution in [3.05, 3.63) is 11.4 Å². The van der Waals surface area contributed by atoms with Crippen LogP contribution in [0.4, 0.5) is 10.5 Å². The summed E-state index contributed by atoms with van der Waals surface area (Å²) in [6.07, 6.45) is 1.67. The van der Waals surface area contributed by atoms with E-state index >= 15 is 0 Å². The third-order valence-electron chi connectivity index (χ3n) is 5.22. The van der Waals surface area contributed by atoms with Gasteiger partial charge in [-0.1, -0.05) is 0 Å². The van der Waals surface area contributed by atoms with Crippen LogP contribution in [0.15, 0.2) is 0 Å². The number of hydrogen-bond donors (Lipinski definition) is 1. The van der Waals surface area contributed by atoms with Gasteiger partial charge in [0, 0.05) is 39.7 Å². The largest absolute Gasteiger partial charge is 0.383 e. The number of carbonyl (C=O) groups excluding carboxylic acids is 1. The quantitative estimate of drug-likeness (QED) is 0.881. The predicted molar refractivity (Wildman–Crippen MR) is 97.5 cm³/mol. The fourth-order valence-electron chi connectivity index (χ4n) is 3.86. The van der Waals surface area contributed by atoms with E-state index in [0.29, 0.717) is 39.5 Å². The van der Waals surface area contributed by atoms with Crippen molar-refractivity contribution in [1.82, 2.24) is 14.7 Å². The minimum absolute atomic E-state index is 0.0132. The Bertz CT molecular complexity index is 639. The van der Waals surface area contributed by atoms with E-state index in [1.165, 1.54) is 0 Å². The lowest BCUT2D eigenvalue weighted by atomic mass is 9.91. The molecule has 2 amide bonds. The van der Waals surface area contributed by atoms with Gasteiger partial charge in [-0.3, -0.25) is 4.68 Å². The molecule has 0 radical (unpaired) electrons. The molecule has 2 saturated heterocycles. The summed E-state index contributed by atoms with van der Waals surface area (Å²) < 4.78 is 18.7. The molecule has 26 heavy (non-hydrogen) atoms. The fourth-order valence-corrected chi connectivity index (χ4v) is 3.86. The molecular weight excluding hydrogens is 336 g/mol. The van der Waals surface area contributed by atoms with Crippen molar-refractivity contribution in [2.75, 3.05) is 45.3 Å². The van der Waals surface area contributed by atoms with Gasteiger partial charge in [-0.15, -0.1) is 0 Å². The molecule has 2 fully saturated rings. The molecule has 1 unspecified atom stereocenters. The molecule has 0 saturated carbocycles. The van der Waals surface area contributed by atoms with Crippen LogP contribution < -0.4 is 5.32 Å². The Hall–Kier alpha value is -1.64. The lowest BCUT2D eigenvalue weighted by Crippen LogP contribution is -2.59. The van der Waals surface area contributed by atoms with Crippen LogP contribution in [0.2, 0.25) is 0 Å². The van der Waals surface area contributed by atoms with Crippen molar-refractivity contribution in [3.8, 4) is 0 Å². The van der Waals surface area contributed by atoms with E-state index in [1.807, 2.05) is 30.4 Å². The molecule has 1 aromatic heterocycles. The van der Waals surface area contributed by atoms with Crippen molar-refractivity contribution in [3.63, 3.8) is 0 Å². The molecule has 1 atom stereocenters. The van der Waals surface area contributed by atoms with Crippen molar-refractivity contribution >= 4 is 11.7 Å². The molecule has 2 aliphatic heterocycles. The lowest BCUT2D eigenvalue weighted by Gasteiger charge is -2.47. The number of methoxy groups -OCH3 is 1. The molecule has 0 aliphatic carbocycles. The first kappa shape index (κ1) is 19.1. The van der Waals surface area contributed by atoms with Crippen molar-refractivity contribution in [1.29, 1.82) is 0 Å². The van der Waals surface area contributed by atoms with Gasteiger partial charge in [0.05, 0.1) is 48.5 Å². The summed E-state index contributed by atoms with van der Waals surface area (Å²) in [5, 5.41) is 7.57. The van der Waals surface area contributed by atoms with Gasteiger partial charge in [-0.05, 0) is 20.8 Å². The monoisotopic (exact) mass is 366 g/mol. The number of nitrogens with one attached hydrogen (secondary N) is 1. The Labute approximate surface area is 154 Å². The number of urea groups is 1. The van der Waals surface area contributed by atoms with Crippen LogP contribution in [0, 0.1) is 13.8 Å². The number of ether oxygens (including phenoxy) is 3. The maximum atomic E-state index is 12.9. The summed E-state index contributed by atoms with van der Waals surface area (Å²) in [6.45, 7) is 9.71. The van der Waals surface area contributed by atoms with Crippen LogP contribution >= 0.6 is 0 Å². The number of amides is 2.